The van der Waals surface area contributed by atoms with Crippen molar-refractivity contribution in [3.05, 3.63) is 82.8 Å². The molecule has 0 bridgehead atoms. The van der Waals surface area contributed by atoms with Crippen LogP contribution in [0.2, 0.25) is 0 Å². The maximum Gasteiger partial charge on any atom is 0.294 e. The Balaban J connectivity index is 1.34. The van der Waals surface area contributed by atoms with E-state index in [0.29, 0.717) is 24.5 Å². The zero-order chi connectivity index (χ0) is 23.5. The molecule has 0 spiro atoms. The van der Waals surface area contributed by atoms with Gasteiger partial charge in [-0.15, -0.1) is 0 Å². The molecule has 2 aliphatic rings. The summed E-state index contributed by atoms with van der Waals surface area (Å²) in [6.07, 6.45) is 4.18. The van der Waals surface area contributed by atoms with E-state index in [1.165, 1.54) is 5.56 Å². The van der Waals surface area contributed by atoms with E-state index in [9.17, 15) is 9.59 Å². The maximum atomic E-state index is 13.5. The van der Waals surface area contributed by atoms with Crippen LogP contribution in [-0.2, 0) is 17.6 Å². The predicted molar refractivity (Wildman–Crippen MR) is 129 cm³/mol. The van der Waals surface area contributed by atoms with Crippen LogP contribution in [0.15, 0.2) is 64.1 Å². The first kappa shape index (κ1) is 21.9. The molecule has 7 heteroatoms. The fourth-order valence-electron chi connectivity index (χ4n) is 4.68. The van der Waals surface area contributed by atoms with E-state index in [1.807, 2.05) is 48.2 Å². The molecule has 0 saturated carbocycles. The summed E-state index contributed by atoms with van der Waals surface area (Å²) in [5.41, 5.74) is 7.06. The smallest absolute Gasteiger partial charge is 0.294 e. The van der Waals surface area contributed by atoms with Gasteiger partial charge < -0.3 is 14.1 Å². The van der Waals surface area contributed by atoms with Crippen molar-refractivity contribution in [2.75, 3.05) is 18.1 Å². The Morgan fingerprint density at radius 2 is 1.82 bits per heavy atom. The number of fused-ring (bicyclic) bond motifs is 2. The lowest BCUT2D eigenvalue weighted by Gasteiger charge is -2.28. The number of ether oxygens (including phenoxy) is 1. The van der Waals surface area contributed by atoms with Crippen LogP contribution >= 0.6 is 0 Å². The summed E-state index contributed by atoms with van der Waals surface area (Å²) in [5, 5.41) is 4.37. The Bertz CT molecular complexity index is 1250. The molecule has 0 atom stereocenters. The molecule has 2 aromatic carbocycles. The van der Waals surface area contributed by atoms with Gasteiger partial charge in [0.15, 0.2) is 12.4 Å². The van der Waals surface area contributed by atoms with Crippen molar-refractivity contribution in [3.8, 4) is 5.75 Å². The second kappa shape index (κ2) is 9.55. The van der Waals surface area contributed by atoms with Gasteiger partial charge in [-0.05, 0) is 56.4 Å². The Kier molecular flexibility index (Phi) is 6.16. The van der Waals surface area contributed by atoms with Gasteiger partial charge in [-0.2, -0.15) is 5.10 Å². The van der Waals surface area contributed by atoms with E-state index in [2.05, 4.69) is 16.6 Å². The van der Waals surface area contributed by atoms with Crippen molar-refractivity contribution in [2.24, 2.45) is 5.10 Å². The van der Waals surface area contributed by atoms with E-state index in [0.717, 1.165) is 54.0 Å². The van der Waals surface area contributed by atoms with Crippen LogP contribution in [0.25, 0.3) is 0 Å². The van der Waals surface area contributed by atoms with E-state index in [4.69, 9.17) is 9.15 Å². The molecule has 1 N–H and O–H groups in total. The molecule has 0 unspecified atom stereocenters. The molecular weight excluding hydrogens is 430 g/mol. The number of furan rings is 1. The molecule has 2 heterocycles. The molecule has 0 saturated heterocycles. The normalized spacial score (nSPS) is 16.0. The molecule has 3 aromatic rings. The largest absolute Gasteiger partial charge is 0.484 e. The number of amides is 2. The number of carbonyl (C=O) groups excluding carboxylic acids is 2. The van der Waals surface area contributed by atoms with Crippen molar-refractivity contribution in [3.63, 3.8) is 0 Å². The second-order valence-corrected chi connectivity index (χ2v) is 8.59. The van der Waals surface area contributed by atoms with Crippen LogP contribution in [0.5, 0.6) is 5.75 Å². The fourth-order valence-corrected chi connectivity index (χ4v) is 4.68. The number of hydrogen-bond donors (Lipinski definition) is 1. The topological polar surface area (TPSA) is 84.1 Å². The molecule has 0 radical (unpaired) electrons. The zero-order valence-corrected chi connectivity index (χ0v) is 19.2. The third-order valence-electron chi connectivity index (χ3n) is 6.30. The van der Waals surface area contributed by atoms with Gasteiger partial charge >= 0.3 is 0 Å². The average Bonchev–Trinajstić information content (AvgIpc) is 3.23. The summed E-state index contributed by atoms with van der Waals surface area (Å²) in [6.45, 7) is 2.43. The average molecular weight is 458 g/mol. The molecular formula is C27H27N3O4. The van der Waals surface area contributed by atoms with Gasteiger partial charge in [-0.25, -0.2) is 5.43 Å². The number of hydrogen-bond acceptors (Lipinski definition) is 5. The van der Waals surface area contributed by atoms with Gasteiger partial charge in [0.25, 0.3) is 11.8 Å². The first-order chi connectivity index (χ1) is 16.6. The standard InChI is InChI=1S/C27H27N3O4/c1-18-25-21(28-29-24(31)17-33-20-11-3-2-4-12-20)13-7-15-23(25)34-26(18)27(32)30-16-8-10-19-9-5-6-14-22(19)30/h2-6,9,11-12,14H,7-8,10,13,15-17H2,1H3,(H,29,31)/b28-21+. The van der Waals surface area contributed by atoms with Crippen LogP contribution in [0.4, 0.5) is 5.69 Å². The number of nitrogens with one attached hydrogen (secondary N) is 1. The van der Waals surface area contributed by atoms with E-state index >= 15 is 0 Å². The lowest BCUT2D eigenvalue weighted by Crippen LogP contribution is -2.35. The van der Waals surface area contributed by atoms with Gasteiger partial charge in [0.1, 0.15) is 11.5 Å². The molecule has 2 amide bonds. The van der Waals surface area contributed by atoms with Crippen molar-refractivity contribution in [1.29, 1.82) is 0 Å². The number of para-hydroxylation sites is 2. The number of benzene rings is 2. The highest BCUT2D eigenvalue weighted by molar-refractivity contribution is 6.10. The van der Waals surface area contributed by atoms with Gasteiger partial charge in [0, 0.05) is 29.8 Å². The maximum absolute atomic E-state index is 13.5. The predicted octanol–water partition coefficient (Wildman–Crippen LogP) is 4.42. The fraction of sp³-hybridized carbons (Fsp3) is 0.296. The minimum absolute atomic E-state index is 0.126. The number of hydrazone groups is 1. The van der Waals surface area contributed by atoms with Gasteiger partial charge in [-0.1, -0.05) is 36.4 Å². The van der Waals surface area contributed by atoms with Crippen LogP contribution < -0.4 is 15.1 Å². The molecule has 1 aromatic heterocycles. The van der Waals surface area contributed by atoms with Gasteiger partial charge in [0.2, 0.25) is 0 Å². The number of anilines is 1. The Morgan fingerprint density at radius 3 is 2.68 bits per heavy atom. The van der Waals surface area contributed by atoms with E-state index in [1.54, 1.807) is 12.1 Å². The van der Waals surface area contributed by atoms with Crippen LogP contribution in [-0.4, -0.2) is 30.7 Å². The first-order valence-corrected chi connectivity index (χ1v) is 11.7. The van der Waals surface area contributed by atoms with Crippen molar-refractivity contribution in [1.82, 2.24) is 5.43 Å². The van der Waals surface area contributed by atoms with E-state index in [-0.39, 0.29) is 18.4 Å². The molecule has 7 nitrogen and oxygen atoms in total. The Morgan fingerprint density at radius 1 is 1.03 bits per heavy atom. The SMILES string of the molecule is Cc1c(C(=O)N2CCCc3ccccc32)oc2c1/C(=N/NC(=O)COc1ccccc1)CCC2. The highest BCUT2D eigenvalue weighted by Gasteiger charge is 2.32. The van der Waals surface area contributed by atoms with Gasteiger partial charge in [-0.3, -0.25) is 9.59 Å². The summed E-state index contributed by atoms with van der Waals surface area (Å²) >= 11 is 0. The Labute approximate surface area is 198 Å². The van der Waals surface area contributed by atoms with Gasteiger partial charge in [0.05, 0.1) is 5.71 Å². The first-order valence-electron chi connectivity index (χ1n) is 11.7. The van der Waals surface area contributed by atoms with Crippen LogP contribution in [0, 0.1) is 6.92 Å². The molecule has 174 valence electrons. The van der Waals surface area contributed by atoms with Crippen molar-refractivity contribution >= 4 is 23.2 Å². The molecule has 1 aliphatic heterocycles. The Hall–Kier alpha value is -3.87. The van der Waals surface area contributed by atoms with Crippen molar-refractivity contribution < 1.29 is 18.7 Å². The summed E-state index contributed by atoms with van der Waals surface area (Å²) < 4.78 is 11.6. The zero-order valence-electron chi connectivity index (χ0n) is 19.2. The minimum Gasteiger partial charge on any atom is -0.484 e. The van der Waals surface area contributed by atoms with E-state index < -0.39 is 0 Å². The molecule has 1 aliphatic carbocycles. The van der Waals surface area contributed by atoms with Crippen LogP contribution in [0.1, 0.15) is 52.3 Å². The summed E-state index contributed by atoms with van der Waals surface area (Å²) in [7, 11) is 0. The quantitative estimate of drug-likeness (QED) is 0.575. The lowest BCUT2D eigenvalue weighted by atomic mass is 9.93. The number of carbonyl (C=O) groups is 2. The third-order valence-corrected chi connectivity index (χ3v) is 6.30. The highest BCUT2D eigenvalue weighted by Crippen LogP contribution is 2.33. The monoisotopic (exact) mass is 457 g/mol. The highest BCUT2D eigenvalue weighted by atomic mass is 16.5. The molecule has 0 fully saturated rings. The number of aryl methyl sites for hydroxylation is 2. The summed E-state index contributed by atoms with van der Waals surface area (Å²) in [4.78, 5) is 27.6. The number of rotatable bonds is 5. The third kappa shape index (κ3) is 4.33. The second-order valence-electron chi connectivity index (χ2n) is 8.59. The summed E-state index contributed by atoms with van der Waals surface area (Å²) in [5.74, 6) is 1.27. The molecule has 5 rings (SSSR count). The summed E-state index contributed by atoms with van der Waals surface area (Å²) in [6, 6.07) is 17.2. The lowest BCUT2D eigenvalue weighted by molar-refractivity contribution is -0.123. The van der Waals surface area contributed by atoms with Crippen LogP contribution in [0.3, 0.4) is 0 Å². The van der Waals surface area contributed by atoms with Crippen molar-refractivity contribution in [2.45, 2.75) is 39.0 Å². The molecule has 34 heavy (non-hydrogen) atoms. The minimum atomic E-state index is -0.342. The number of nitrogens with zero attached hydrogens (tertiary/aromatic N) is 2.